The summed E-state index contributed by atoms with van der Waals surface area (Å²) in [5, 5.41) is 0. The highest BCUT2D eigenvalue weighted by molar-refractivity contribution is 5.81. The molecule has 10 heteroatoms. The van der Waals surface area contributed by atoms with Crippen molar-refractivity contribution < 1.29 is 47.5 Å². The van der Waals surface area contributed by atoms with E-state index in [0.29, 0.717) is 34.5 Å². The molecule has 10 nitrogen and oxygen atoms in total. The van der Waals surface area contributed by atoms with Gasteiger partial charge in [-0.3, -0.25) is 0 Å². The third-order valence-corrected chi connectivity index (χ3v) is 7.22. The van der Waals surface area contributed by atoms with Gasteiger partial charge in [-0.05, 0) is 84.9 Å². The van der Waals surface area contributed by atoms with E-state index in [4.69, 9.17) is 37.9 Å². The predicted octanol–water partition coefficient (Wildman–Crippen LogP) is 9.77. The lowest BCUT2D eigenvalue weighted by Gasteiger charge is -2.33. The van der Waals surface area contributed by atoms with Gasteiger partial charge in [-0.1, -0.05) is 69.5 Å². The maximum absolute atomic E-state index is 12.5. The molecule has 0 radical (unpaired) electrons. The number of rotatable bonds is 18. The Hall–Kier alpha value is -6.68. The molecule has 2 unspecified atom stereocenters. The lowest BCUT2D eigenvalue weighted by Crippen LogP contribution is -2.46. The molecule has 0 saturated heterocycles. The van der Waals surface area contributed by atoms with Gasteiger partial charge in [0.05, 0.1) is 12.8 Å². The number of carbonyl (C=O) groups excluding carboxylic acids is 2. The van der Waals surface area contributed by atoms with Crippen LogP contribution in [0.15, 0.2) is 159 Å². The molecular weight excluding hydrogens is 664 g/mol. The number of hydrogen-bond donors (Lipinski definition) is 0. The lowest BCUT2D eigenvalue weighted by atomic mass is 10.3. The first-order valence-corrected chi connectivity index (χ1v) is 16.5. The van der Waals surface area contributed by atoms with Crippen molar-refractivity contribution in [2.45, 2.75) is 38.6 Å². The Morgan fingerprint density at radius 1 is 0.462 bits per heavy atom. The molecule has 0 heterocycles. The second-order valence-electron chi connectivity index (χ2n) is 11.0. The van der Waals surface area contributed by atoms with Crippen molar-refractivity contribution >= 4 is 11.9 Å². The van der Waals surface area contributed by atoms with Gasteiger partial charge in [0, 0.05) is 18.2 Å². The van der Waals surface area contributed by atoms with E-state index in [1.54, 1.807) is 80.6 Å². The summed E-state index contributed by atoms with van der Waals surface area (Å²) in [7, 11) is 0. The van der Waals surface area contributed by atoms with Crippen LogP contribution in [0.2, 0.25) is 0 Å². The van der Waals surface area contributed by atoms with E-state index in [1.807, 2.05) is 60.7 Å². The molecule has 266 valence electrons. The third-order valence-electron chi connectivity index (χ3n) is 7.22. The van der Waals surface area contributed by atoms with Gasteiger partial charge in [0.25, 0.3) is 0 Å². The van der Waals surface area contributed by atoms with E-state index >= 15 is 0 Å². The fourth-order valence-electron chi connectivity index (χ4n) is 4.67. The van der Waals surface area contributed by atoms with Gasteiger partial charge >= 0.3 is 23.9 Å². The Kier molecular flexibility index (Phi) is 12.2. The Balaban J connectivity index is 1.36. The van der Waals surface area contributed by atoms with Gasteiger partial charge in [0.15, 0.2) is 0 Å². The van der Waals surface area contributed by atoms with Crippen molar-refractivity contribution in [3.05, 3.63) is 159 Å². The first kappa shape index (κ1) is 36.6. The zero-order chi connectivity index (χ0) is 36.8. The van der Waals surface area contributed by atoms with Crippen molar-refractivity contribution in [2.24, 2.45) is 0 Å². The molecule has 0 bridgehead atoms. The summed E-state index contributed by atoms with van der Waals surface area (Å²) >= 11 is 0. The van der Waals surface area contributed by atoms with Crippen LogP contribution in [0.4, 0.5) is 0 Å². The molecule has 0 aliphatic heterocycles. The van der Waals surface area contributed by atoms with E-state index in [9.17, 15) is 9.59 Å². The van der Waals surface area contributed by atoms with Gasteiger partial charge < -0.3 is 37.9 Å². The van der Waals surface area contributed by atoms with E-state index in [1.165, 1.54) is 6.07 Å². The minimum absolute atomic E-state index is 0.0723. The molecule has 0 N–H and O–H groups in total. The van der Waals surface area contributed by atoms with E-state index in [-0.39, 0.29) is 24.3 Å². The largest absolute Gasteiger partial charge is 0.457 e. The third kappa shape index (κ3) is 10.2. The summed E-state index contributed by atoms with van der Waals surface area (Å²) in [5.74, 6) is -1.81. The Morgan fingerprint density at radius 3 is 1.12 bits per heavy atom. The molecule has 5 aromatic rings. The standard InChI is InChI=1S/C42H38O10/c1-5-39(43)51-41(7-3,47-35-26-22-33(23-27-35)45-31-16-11-9-12-17-31)49-37-20-15-21-38(30-37)50-42(8-4,52-40(44)6-2)48-36-28-24-34(25-29-36)46-32-18-13-10-14-19-32/h5-6,9-30H,1-2,7-8H2,3-4H3. The number of hydrogen-bond acceptors (Lipinski definition) is 10. The molecule has 0 fully saturated rings. The fraction of sp³-hybridized carbons (Fsp3) is 0.143. The van der Waals surface area contributed by atoms with Crippen LogP contribution >= 0.6 is 0 Å². The fourth-order valence-corrected chi connectivity index (χ4v) is 4.67. The number of esters is 2. The predicted molar refractivity (Wildman–Crippen MR) is 193 cm³/mol. The van der Waals surface area contributed by atoms with Crippen LogP contribution in [0.1, 0.15) is 26.7 Å². The maximum atomic E-state index is 12.5. The molecular formula is C42H38O10. The second kappa shape index (κ2) is 17.3. The first-order valence-electron chi connectivity index (χ1n) is 16.5. The van der Waals surface area contributed by atoms with Crippen LogP contribution in [0.5, 0.6) is 46.0 Å². The van der Waals surface area contributed by atoms with Crippen molar-refractivity contribution in [1.29, 1.82) is 0 Å². The Bertz CT molecular complexity index is 1790. The number of ether oxygens (including phenoxy) is 8. The maximum Gasteiger partial charge on any atom is 0.419 e. The van der Waals surface area contributed by atoms with Crippen molar-refractivity contribution in [2.75, 3.05) is 0 Å². The van der Waals surface area contributed by atoms with Crippen LogP contribution in [0.25, 0.3) is 0 Å². The smallest absolute Gasteiger partial charge is 0.419 e. The normalized spacial score (nSPS) is 12.8. The number of benzene rings is 5. The number of carbonyl (C=O) groups is 2. The highest BCUT2D eigenvalue weighted by atomic mass is 16.9. The van der Waals surface area contributed by atoms with Crippen LogP contribution in [0, 0.1) is 0 Å². The second-order valence-corrected chi connectivity index (χ2v) is 11.0. The molecule has 0 aliphatic carbocycles. The average Bonchev–Trinajstić information content (AvgIpc) is 3.17. The molecule has 5 aromatic carbocycles. The summed E-state index contributed by atoms with van der Waals surface area (Å²) in [6.07, 6.45) is 2.16. The Labute approximate surface area is 302 Å². The lowest BCUT2D eigenvalue weighted by molar-refractivity contribution is -0.285. The van der Waals surface area contributed by atoms with Gasteiger partial charge in [-0.15, -0.1) is 0 Å². The van der Waals surface area contributed by atoms with Crippen molar-refractivity contribution in [3.8, 4) is 46.0 Å². The monoisotopic (exact) mass is 702 g/mol. The summed E-state index contributed by atoms with van der Waals surface area (Å²) in [4.78, 5) is 25.0. The quantitative estimate of drug-likeness (QED) is 0.0497. The molecule has 0 amide bonds. The average molecular weight is 703 g/mol. The molecule has 0 saturated carbocycles. The number of para-hydroxylation sites is 2. The van der Waals surface area contributed by atoms with Gasteiger partial charge in [0.2, 0.25) is 0 Å². The van der Waals surface area contributed by atoms with Crippen molar-refractivity contribution in [3.63, 3.8) is 0 Å². The van der Waals surface area contributed by atoms with Crippen molar-refractivity contribution in [1.82, 2.24) is 0 Å². The summed E-state index contributed by atoms with van der Waals surface area (Å²) in [6.45, 7) is 10.5. The molecule has 5 rings (SSSR count). The molecule has 2 atom stereocenters. The van der Waals surface area contributed by atoms with Crippen LogP contribution in [0.3, 0.4) is 0 Å². The summed E-state index contributed by atoms with van der Waals surface area (Å²) < 4.78 is 47.8. The highest BCUT2D eigenvalue weighted by Gasteiger charge is 2.40. The van der Waals surface area contributed by atoms with E-state index < -0.39 is 23.9 Å². The minimum Gasteiger partial charge on any atom is -0.457 e. The van der Waals surface area contributed by atoms with E-state index in [0.717, 1.165) is 12.2 Å². The highest BCUT2D eigenvalue weighted by Crippen LogP contribution is 2.34. The summed E-state index contributed by atoms with van der Waals surface area (Å²) in [6, 6.07) is 38.5. The molecule has 0 aromatic heterocycles. The van der Waals surface area contributed by atoms with Gasteiger partial charge in [-0.2, -0.15) is 0 Å². The summed E-state index contributed by atoms with van der Waals surface area (Å²) in [5.41, 5.74) is 0. The Morgan fingerprint density at radius 2 is 0.769 bits per heavy atom. The molecule has 52 heavy (non-hydrogen) atoms. The first-order chi connectivity index (χ1) is 25.2. The van der Waals surface area contributed by atoms with Gasteiger partial charge in [0.1, 0.15) is 46.0 Å². The van der Waals surface area contributed by atoms with Crippen LogP contribution in [-0.2, 0) is 19.1 Å². The van der Waals surface area contributed by atoms with Crippen LogP contribution in [-0.4, -0.2) is 23.9 Å². The molecule has 0 spiro atoms. The van der Waals surface area contributed by atoms with Crippen LogP contribution < -0.4 is 28.4 Å². The topological polar surface area (TPSA) is 108 Å². The van der Waals surface area contributed by atoms with E-state index in [2.05, 4.69) is 13.2 Å². The SMILES string of the molecule is C=CC(=O)OC(CC)(Oc1ccc(Oc2ccccc2)cc1)Oc1cccc(OC(CC)(OC(=O)C=C)Oc2ccc(Oc3ccccc3)cc2)c1. The van der Waals surface area contributed by atoms with Gasteiger partial charge in [-0.25, -0.2) is 9.59 Å². The zero-order valence-electron chi connectivity index (χ0n) is 28.8. The molecule has 0 aliphatic rings. The minimum atomic E-state index is -1.91. The zero-order valence-corrected chi connectivity index (χ0v) is 28.8.